The van der Waals surface area contributed by atoms with Crippen LogP contribution in [0.25, 0.3) is 0 Å². The Morgan fingerprint density at radius 2 is 2.29 bits per heavy atom. The molecule has 0 aromatic rings. The number of nitrogens with two attached hydrogens (primary N) is 1. The van der Waals surface area contributed by atoms with Gasteiger partial charge >= 0.3 is 5.97 Å². The van der Waals surface area contributed by atoms with Crippen LogP contribution in [0, 0.1) is 0 Å². The molecule has 82 valence electrons. The predicted octanol–water partition coefficient (Wildman–Crippen LogP) is -0.558. The molecule has 1 unspecified atom stereocenters. The molecule has 0 aromatic carbocycles. The Morgan fingerprint density at radius 3 is 2.86 bits per heavy atom. The molecular formula is C9H17NO4. The minimum atomic E-state index is -0.795. The maximum atomic E-state index is 10.6. The molecule has 0 aliphatic carbocycles. The van der Waals surface area contributed by atoms with Gasteiger partial charge in [0, 0.05) is 12.7 Å². The van der Waals surface area contributed by atoms with E-state index in [1.165, 1.54) is 0 Å². The first-order chi connectivity index (χ1) is 6.70. The van der Waals surface area contributed by atoms with E-state index in [-0.39, 0.29) is 13.2 Å². The lowest BCUT2D eigenvalue weighted by Crippen LogP contribution is -2.23. The molecule has 0 saturated heterocycles. The molecule has 0 bridgehead atoms. The fourth-order valence-corrected chi connectivity index (χ4v) is 0.690. The van der Waals surface area contributed by atoms with E-state index in [0.717, 1.165) is 12.5 Å². The number of ether oxygens (including phenoxy) is 2. The van der Waals surface area contributed by atoms with Gasteiger partial charge in [0.2, 0.25) is 0 Å². The SMILES string of the molecule is C=CC(=O)OCC(O)COCCCN. The van der Waals surface area contributed by atoms with Crippen molar-refractivity contribution in [2.75, 3.05) is 26.4 Å². The minimum Gasteiger partial charge on any atom is -0.460 e. The van der Waals surface area contributed by atoms with Crippen LogP contribution in [0.1, 0.15) is 6.42 Å². The third-order valence-corrected chi connectivity index (χ3v) is 1.39. The molecule has 0 amide bonds. The Balaban J connectivity index is 3.31. The van der Waals surface area contributed by atoms with E-state index < -0.39 is 12.1 Å². The first kappa shape index (κ1) is 13.1. The largest absolute Gasteiger partial charge is 0.460 e. The summed E-state index contributed by atoms with van der Waals surface area (Å²) in [5.74, 6) is -0.550. The van der Waals surface area contributed by atoms with Crippen molar-refractivity contribution in [3.05, 3.63) is 12.7 Å². The molecule has 0 radical (unpaired) electrons. The molecule has 1 atom stereocenters. The van der Waals surface area contributed by atoms with Gasteiger partial charge in [-0.2, -0.15) is 0 Å². The van der Waals surface area contributed by atoms with Crippen molar-refractivity contribution in [3.63, 3.8) is 0 Å². The number of carbonyl (C=O) groups excluding carboxylic acids is 1. The van der Waals surface area contributed by atoms with E-state index >= 15 is 0 Å². The number of aliphatic hydroxyl groups is 1. The van der Waals surface area contributed by atoms with Crippen LogP contribution < -0.4 is 5.73 Å². The van der Waals surface area contributed by atoms with E-state index in [1.807, 2.05) is 0 Å². The van der Waals surface area contributed by atoms with Crippen molar-refractivity contribution in [2.24, 2.45) is 5.73 Å². The van der Waals surface area contributed by atoms with E-state index in [9.17, 15) is 9.90 Å². The van der Waals surface area contributed by atoms with Gasteiger partial charge in [-0.3, -0.25) is 0 Å². The second-order valence-corrected chi connectivity index (χ2v) is 2.71. The van der Waals surface area contributed by atoms with Crippen molar-refractivity contribution >= 4 is 5.97 Å². The maximum absolute atomic E-state index is 10.6. The average Bonchev–Trinajstić information content (AvgIpc) is 2.21. The van der Waals surface area contributed by atoms with Gasteiger partial charge in [0.25, 0.3) is 0 Å². The minimum absolute atomic E-state index is 0.0759. The van der Waals surface area contributed by atoms with Crippen molar-refractivity contribution in [1.29, 1.82) is 0 Å². The molecule has 5 nitrogen and oxygen atoms in total. The number of carbonyl (C=O) groups is 1. The van der Waals surface area contributed by atoms with Gasteiger partial charge in [0.1, 0.15) is 12.7 Å². The molecule has 5 heteroatoms. The first-order valence-corrected chi connectivity index (χ1v) is 4.45. The first-order valence-electron chi connectivity index (χ1n) is 4.45. The highest BCUT2D eigenvalue weighted by Gasteiger charge is 2.06. The lowest BCUT2D eigenvalue weighted by molar-refractivity contribution is -0.141. The zero-order chi connectivity index (χ0) is 10.8. The van der Waals surface area contributed by atoms with Gasteiger partial charge in [0.15, 0.2) is 0 Å². The quantitative estimate of drug-likeness (QED) is 0.314. The second kappa shape index (κ2) is 8.68. The number of esters is 1. The molecule has 0 aliphatic heterocycles. The highest BCUT2D eigenvalue weighted by Crippen LogP contribution is 1.90. The lowest BCUT2D eigenvalue weighted by Gasteiger charge is -2.10. The summed E-state index contributed by atoms with van der Waals surface area (Å²) in [4.78, 5) is 10.6. The molecule has 3 N–H and O–H groups in total. The van der Waals surface area contributed by atoms with Crippen LogP contribution in [-0.2, 0) is 14.3 Å². The molecule has 0 aliphatic rings. The molecule has 0 rings (SSSR count). The maximum Gasteiger partial charge on any atom is 0.330 e. The van der Waals surface area contributed by atoms with Crippen molar-refractivity contribution in [2.45, 2.75) is 12.5 Å². The zero-order valence-corrected chi connectivity index (χ0v) is 8.15. The van der Waals surface area contributed by atoms with Gasteiger partial charge in [-0.1, -0.05) is 6.58 Å². The third kappa shape index (κ3) is 7.72. The summed E-state index contributed by atoms with van der Waals surface area (Å²) < 4.78 is 9.65. The van der Waals surface area contributed by atoms with Crippen LogP contribution in [-0.4, -0.2) is 43.5 Å². The summed E-state index contributed by atoms with van der Waals surface area (Å²) in [7, 11) is 0. The summed E-state index contributed by atoms with van der Waals surface area (Å²) in [6.45, 7) is 4.35. The van der Waals surface area contributed by atoms with Gasteiger partial charge in [0.05, 0.1) is 6.61 Å². The van der Waals surface area contributed by atoms with Crippen molar-refractivity contribution in [1.82, 2.24) is 0 Å². The fourth-order valence-electron chi connectivity index (χ4n) is 0.690. The number of hydrogen-bond donors (Lipinski definition) is 2. The highest BCUT2D eigenvalue weighted by molar-refractivity contribution is 5.81. The van der Waals surface area contributed by atoms with E-state index in [2.05, 4.69) is 11.3 Å². The zero-order valence-electron chi connectivity index (χ0n) is 8.15. The number of aliphatic hydroxyl groups excluding tert-OH is 1. The Kier molecular flexibility index (Phi) is 8.11. The van der Waals surface area contributed by atoms with Crippen molar-refractivity contribution in [3.8, 4) is 0 Å². The van der Waals surface area contributed by atoms with Gasteiger partial charge < -0.3 is 20.3 Å². The Labute approximate surface area is 83.5 Å². The molecule has 0 saturated carbocycles. The normalized spacial score (nSPS) is 12.1. The van der Waals surface area contributed by atoms with Crippen LogP contribution in [0.2, 0.25) is 0 Å². The van der Waals surface area contributed by atoms with Gasteiger partial charge in [-0.05, 0) is 13.0 Å². The molecular weight excluding hydrogens is 186 g/mol. The van der Waals surface area contributed by atoms with Crippen LogP contribution in [0.15, 0.2) is 12.7 Å². The summed E-state index contributed by atoms with van der Waals surface area (Å²) in [6.07, 6.45) is 0.998. The topological polar surface area (TPSA) is 81.8 Å². The second-order valence-electron chi connectivity index (χ2n) is 2.71. The molecule has 14 heavy (non-hydrogen) atoms. The monoisotopic (exact) mass is 203 g/mol. The third-order valence-electron chi connectivity index (χ3n) is 1.39. The van der Waals surface area contributed by atoms with Crippen LogP contribution in [0.4, 0.5) is 0 Å². The number of hydrogen-bond acceptors (Lipinski definition) is 5. The molecule has 0 spiro atoms. The Bertz CT molecular complexity index is 172. The van der Waals surface area contributed by atoms with Crippen LogP contribution in [0.5, 0.6) is 0 Å². The summed E-state index contributed by atoms with van der Waals surface area (Å²) in [5, 5.41) is 9.23. The number of rotatable bonds is 8. The molecule has 0 heterocycles. The van der Waals surface area contributed by atoms with Gasteiger partial charge in [-0.25, -0.2) is 4.79 Å². The van der Waals surface area contributed by atoms with Gasteiger partial charge in [-0.15, -0.1) is 0 Å². The Morgan fingerprint density at radius 1 is 1.57 bits per heavy atom. The molecule has 0 fully saturated rings. The fraction of sp³-hybridized carbons (Fsp3) is 0.667. The van der Waals surface area contributed by atoms with E-state index in [0.29, 0.717) is 13.2 Å². The standard InChI is InChI=1S/C9H17NO4/c1-2-9(12)14-7-8(11)6-13-5-3-4-10/h2,8,11H,1,3-7,10H2. The lowest BCUT2D eigenvalue weighted by atomic mass is 10.4. The summed E-state index contributed by atoms with van der Waals surface area (Å²) >= 11 is 0. The van der Waals surface area contributed by atoms with E-state index in [4.69, 9.17) is 10.5 Å². The Hall–Kier alpha value is -0.910. The summed E-state index contributed by atoms with van der Waals surface area (Å²) in [6, 6.07) is 0. The summed E-state index contributed by atoms with van der Waals surface area (Å²) in [5.41, 5.74) is 5.24. The predicted molar refractivity (Wildman–Crippen MR) is 51.7 cm³/mol. The average molecular weight is 203 g/mol. The smallest absolute Gasteiger partial charge is 0.330 e. The highest BCUT2D eigenvalue weighted by atomic mass is 16.5. The van der Waals surface area contributed by atoms with E-state index in [1.54, 1.807) is 0 Å². The van der Waals surface area contributed by atoms with Crippen LogP contribution >= 0.6 is 0 Å². The van der Waals surface area contributed by atoms with Crippen LogP contribution in [0.3, 0.4) is 0 Å². The van der Waals surface area contributed by atoms with Crippen molar-refractivity contribution < 1.29 is 19.4 Å². The molecule has 0 aromatic heterocycles.